The van der Waals surface area contributed by atoms with Gasteiger partial charge in [-0.05, 0) is 43.9 Å². The van der Waals surface area contributed by atoms with Gasteiger partial charge in [-0.15, -0.1) is 0 Å². The van der Waals surface area contributed by atoms with E-state index in [1.54, 1.807) is 6.07 Å². The fourth-order valence-corrected chi connectivity index (χ4v) is 2.44. The SMILES string of the molecule is CCCNC(CCC1CC1)c1ccc(Cl)cc1F. The fourth-order valence-electron chi connectivity index (χ4n) is 2.28. The molecule has 0 bridgehead atoms. The van der Waals surface area contributed by atoms with Crippen LogP contribution in [0.25, 0.3) is 0 Å². The zero-order chi connectivity index (χ0) is 13.0. The highest BCUT2D eigenvalue weighted by Crippen LogP contribution is 2.36. The van der Waals surface area contributed by atoms with E-state index < -0.39 is 0 Å². The Balaban J connectivity index is 2.04. The van der Waals surface area contributed by atoms with Crippen molar-refractivity contribution >= 4 is 11.6 Å². The quantitative estimate of drug-likeness (QED) is 0.756. The maximum Gasteiger partial charge on any atom is 0.129 e. The van der Waals surface area contributed by atoms with Crippen molar-refractivity contribution in [1.29, 1.82) is 0 Å². The normalized spacial score (nSPS) is 16.8. The van der Waals surface area contributed by atoms with Gasteiger partial charge in [0.05, 0.1) is 0 Å². The van der Waals surface area contributed by atoms with E-state index in [1.807, 2.05) is 6.07 Å². The van der Waals surface area contributed by atoms with Crippen LogP contribution in [0.4, 0.5) is 4.39 Å². The Labute approximate surface area is 114 Å². The molecule has 1 aliphatic carbocycles. The maximum absolute atomic E-state index is 13.9. The van der Waals surface area contributed by atoms with Crippen LogP contribution in [-0.4, -0.2) is 6.54 Å². The highest BCUT2D eigenvalue weighted by molar-refractivity contribution is 6.30. The molecule has 1 atom stereocenters. The summed E-state index contributed by atoms with van der Waals surface area (Å²) in [5.41, 5.74) is 0.758. The van der Waals surface area contributed by atoms with Crippen molar-refractivity contribution in [2.24, 2.45) is 5.92 Å². The Morgan fingerprint density at radius 1 is 1.44 bits per heavy atom. The Hall–Kier alpha value is -0.600. The van der Waals surface area contributed by atoms with Crippen LogP contribution < -0.4 is 5.32 Å². The summed E-state index contributed by atoms with van der Waals surface area (Å²) in [5, 5.41) is 3.91. The average Bonchev–Trinajstić information content (AvgIpc) is 3.14. The molecular weight excluding hydrogens is 249 g/mol. The van der Waals surface area contributed by atoms with Crippen LogP contribution in [0.15, 0.2) is 18.2 Å². The summed E-state index contributed by atoms with van der Waals surface area (Å²) in [7, 11) is 0. The van der Waals surface area contributed by atoms with Crippen molar-refractivity contribution in [3.05, 3.63) is 34.6 Å². The molecule has 1 aromatic rings. The van der Waals surface area contributed by atoms with E-state index in [4.69, 9.17) is 11.6 Å². The second kappa shape index (κ2) is 6.53. The molecule has 0 amide bonds. The minimum atomic E-state index is -0.188. The predicted molar refractivity (Wildman–Crippen MR) is 74.4 cm³/mol. The molecule has 0 aromatic heterocycles. The average molecular weight is 270 g/mol. The highest BCUT2D eigenvalue weighted by atomic mass is 35.5. The van der Waals surface area contributed by atoms with Crippen LogP contribution in [-0.2, 0) is 0 Å². The lowest BCUT2D eigenvalue weighted by atomic mass is 9.99. The second-order valence-electron chi connectivity index (χ2n) is 5.19. The van der Waals surface area contributed by atoms with Gasteiger partial charge < -0.3 is 5.32 Å². The zero-order valence-corrected chi connectivity index (χ0v) is 11.6. The van der Waals surface area contributed by atoms with Gasteiger partial charge in [-0.25, -0.2) is 4.39 Å². The fraction of sp³-hybridized carbons (Fsp3) is 0.600. The third-order valence-electron chi connectivity index (χ3n) is 3.54. The minimum absolute atomic E-state index is 0.128. The Morgan fingerprint density at radius 2 is 2.22 bits per heavy atom. The van der Waals surface area contributed by atoms with Crippen LogP contribution in [0.3, 0.4) is 0 Å². The standard InChI is InChI=1S/C15H21ClFN/c1-2-9-18-15(8-5-11-3-4-11)13-7-6-12(16)10-14(13)17/h6-7,10-11,15,18H,2-5,8-9H2,1H3. The van der Waals surface area contributed by atoms with E-state index in [-0.39, 0.29) is 11.9 Å². The molecule has 1 fully saturated rings. The van der Waals surface area contributed by atoms with Gasteiger partial charge in [-0.3, -0.25) is 0 Å². The Bertz CT molecular complexity index is 390. The smallest absolute Gasteiger partial charge is 0.129 e. The van der Waals surface area contributed by atoms with Crippen molar-refractivity contribution in [2.75, 3.05) is 6.54 Å². The van der Waals surface area contributed by atoms with E-state index in [0.29, 0.717) is 5.02 Å². The van der Waals surface area contributed by atoms with Crippen molar-refractivity contribution in [2.45, 2.75) is 45.1 Å². The van der Waals surface area contributed by atoms with Crippen LogP contribution >= 0.6 is 11.6 Å². The van der Waals surface area contributed by atoms with Gasteiger partial charge in [0.25, 0.3) is 0 Å². The van der Waals surface area contributed by atoms with Gasteiger partial charge in [0.1, 0.15) is 5.82 Å². The Kier molecular flexibility index (Phi) is 5.02. The molecule has 1 aromatic carbocycles. The van der Waals surface area contributed by atoms with Crippen molar-refractivity contribution in [1.82, 2.24) is 5.32 Å². The molecule has 1 N–H and O–H groups in total. The first kappa shape index (κ1) is 13.8. The summed E-state index contributed by atoms with van der Waals surface area (Å²) in [6.07, 6.45) is 5.98. The van der Waals surface area contributed by atoms with Crippen LogP contribution in [0.5, 0.6) is 0 Å². The third kappa shape index (κ3) is 3.96. The van der Waals surface area contributed by atoms with Gasteiger partial charge in [0, 0.05) is 16.6 Å². The predicted octanol–water partition coefficient (Wildman–Crippen LogP) is 4.71. The second-order valence-corrected chi connectivity index (χ2v) is 5.63. The first-order chi connectivity index (χ1) is 8.70. The van der Waals surface area contributed by atoms with Crippen LogP contribution in [0.2, 0.25) is 5.02 Å². The monoisotopic (exact) mass is 269 g/mol. The van der Waals surface area contributed by atoms with Crippen molar-refractivity contribution in [3.63, 3.8) is 0 Å². The number of benzene rings is 1. The van der Waals surface area contributed by atoms with Crippen LogP contribution in [0, 0.1) is 11.7 Å². The summed E-state index contributed by atoms with van der Waals surface area (Å²) < 4.78 is 13.9. The van der Waals surface area contributed by atoms with E-state index in [2.05, 4.69) is 12.2 Å². The molecule has 1 nitrogen and oxygen atoms in total. The topological polar surface area (TPSA) is 12.0 Å². The summed E-state index contributed by atoms with van der Waals surface area (Å²) >= 11 is 5.80. The van der Waals surface area contributed by atoms with Gasteiger partial charge in [-0.1, -0.05) is 37.4 Å². The molecule has 2 rings (SSSR count). The summed E-state index contributed by atoms with van der Waals surface area (Å²) in [6.45, 7) is 3.06. The molecule has 0 heterocycles. The molecule has 1 aliphatic rings. The number of halogens is 2. The molecular formula is C15H21ClFN. The molecule has 0 aliphatic heterocycles. The molecule has 3 heteroatoms. The number of hydrogen-bond acceptors (Lipinski definition) is 1. The van der Waals surface area contributed by atoms with E-state index >= 15 is 0 Å². The number of hydrogen-bond donors (Lipinski definition) is 1. The first-order valence-corrected chi connectivity index (χ1v) is 7.26. The zero-order valence-electron chi connectivity index (χ0n) is 10.9. The summed E-state index contributed by atoms with van der Waals surface area (Å²) in [4.78, 5) is 0. The lowest BCUT2D eigenvalue weighted by Crippen LogP contribution is -2.23. The van der Waals surface area contributed by atoms with Gasteiger partial charge in [-0.2, -0.15) is 0 Å². The molecule has 0 spiro atoms. The van der Waals surface area contributed by atoms with Crippen molar-refractivity contribution < 1.29 is 4.39 Å². The number of nitrogens with one attached hydrogen (secondary N) is 1. The molecule has 18 heavy (non-hydrogen) atoms. The minimum Gasteiger partial charge on any atom is -0.310 e. The largest absolute Gasteiger partial charge is 0.310 e. The highest BCUT2D eigenvalue weighted by Gasteiger charge is 2.24. The molecule has 1 unspecified atom stereocenters. The van der Waals surface area contributed by atoms with Gasteiger partial charge in [0.15, 0.2) is 0 Å². The van der Waals surface area contributed by atoms with Gasteiger partial charge >= 0.3 is 0 Å². The maximum atomic E-state index is 13.9. The van der Waals surface area contributed by atoms with E-state index in [1.165, 1.54) is 25.3 Å². The molecule has 0 saturated heterocycles. The molecule has 100 valence electrons. The van der Waals surface area contributed by atoms with Crippen LogP contribution in [0.1, 0.15) is 50.6 Å². The third-order valence-corrected chi connectivity index (χ3v) is 3.77. The summed E-state index contributed by atoms with van der Waals surface area (Å²) in [5.74, 6) is 0.693. The van der Waals surface area contributed by atoms with E-state index in [9.17, 15) is 4.39 Å². The van der Waals surface area contributed by atoms with Gasteiger partial charge in [0.2, 0.25) is 0 Å². The number of rotatable bonds is 7. The molecule has 0 radical (unpaired) electrons. The summed E-state index contributed by atoms with van der Waals surface area (Å²) in [6, 6.07) is 5.13. The Morgan fingerprint density at radius 3 is 2.83 bits per heavy atom. The lowest BCUT2D eigenvalue weighted by molar-refractivity contribution is 0.450. The first-order valence-electron chi connectivity index (χ1n) is 6.89. The van der Waals surface area contributed by atoms with E-state index in [0.717, 1.165) is 30.9 Å². The molecule has 1 saturated carbocycles. The lowest BCUT2D eigenvalue weighted by Gasteiger charge is -2.19. The van der Waals surface area contributed by atoms with Crippen molar-refractivity contribution in [3.8, 4) is 0 Å².